The van der Waals surface area contributed by atoms with Crippen molar-refractivity contribution in [3.8, 4) is 0 Å². The molecule has 30 heavy (non-hydrogen) atoms. The fourth-order valence-corrected chi connectivity index (χ4v) is 5.29. The number of sulfonamides is 1. The molecular weight excluding hydrogens is 402 g/mol. The molecule has 1 amide bonds. The number of nitrogens with one attached hydrogen (secondary N) is 1. The van der Waals surface area contributed by atoms with Gasteiger partial charge in [0.25, 0.3) is 0 Å². The summed E-state index contributed by atoms with van der Waals surface area (Å²) in [5.74, 6) is 0.613. The zero-order chi connectivity index (χ0) is 21.1. The molecule has 1 aromatic carbocycles. The van der Waals surface area contributed by atoms with Crippen molar-refractivity contribution in [2.45, 2.75) is 37.0 Å². The van der Waals surface area contributed by atoms with E-state index in [1.165, 1.54) is 0 Å². The number of piperidine rings is 1. The van der Waals surface area contributed by atoms with Crippen LogP contribution in [0.2, 0.25) is 0 Å². The lowest BCUT2D eigenvalue weighted by molar-refractivity contribution is -0.116. The number of hydrogen-bond donors (Lipinski definition) is 1. The number of pyridine rings is 1. The smallest absolute Gasteiger partial charge is 0.243 e. The van der Waals surface area contributed by atoms with Gasteiger partial charge >= 0.3 is 0 Å². The molecule has 1 N–H and O–H groups in total. The first-order valence-corrected chi connectivity index (χ1v) is 11.5. The van der Waals surface area contributed by atoms with Gasteiger partial charge in [-0.3, -0.25) is 9.78 Å². The minimum absolute atomic E-state index is 0.122. The van der Waals surface area contributed by atoms with Crippen molar-refractivity contribution in [2.24, 2.45) is 7.05 Å². The van der Waals surface area contributed by atoms with Crippen LogP contribution in [0, 0.1) is 0 Å². The maximum atomic E-state index is 12.9. The molecule has 0 saturated carbocycles. The van der Waals surface area contributed by atoms with Crippen molar-refractivity contribution in [3.05, 3.63) is 48.5 Å². The van der Waals surface area contributed by atoms with E-state index in [1.807, 2.05) is 11.6 Å². The molecule has 0 atom stereocenters. The van der Waals surface area contributed by atoms with Crippen LogP contribution in [0.15, 0.2) is 47.6 Å². The molecule has 1 aliphatic rings. The highest BCUT2D eigenvalue weighted by Crippen LogP contribution is 2.25. The quantitative estimate of drug-likeness (QED) is 0.652. The molecule has 2 aromatic heterocycles. The fourth-order valence-electron chi connectivity index (χ4n) is 3.75. The van der Waals surface area contributed by atoms with Crippen molar-refractivity contribution in [3.63, 3.8) is 0 Å². The average Bonchev–Trinajstić information content (AvgIpc) is 3.08. The summed E-state index contributed by atoms with van der Waals surface area (Å²) in [6.45, 7) is 1.14. The Balaban J connectivity index is 1.50. The predicted octanol–water partition coefficient (Wildman–Crippen LogP) is 2.71. The second-order valence-electron chi connectivity index (χ2n) is 7.49. The molecule has 3 heterocycles. The number of nitrogens with zero attached hydrogens (tertiary/aromatic N) is 4. The van der Waals surface area contributed by atoms with Gasteiger partial charge in [0.15, 0.2) is 0 Å². The Morgan fingerprint density at radius 1 is 1.17 bits per heavy atom. The van der Waals surface area contributed by atoms with E-state index < -0.39 is 10.0 Å². The molecule has 0 spiro atoms. The van der Waals surface area contributed by atoms with Crippen LogP contribution in [0.1, 0.15) is 31.5 Å². The van der Waals surface area contributed by atoms with E-state index in [0.29, 0.717) is 30.7 Å². The zero-order valence-electron chi connectivity index (χ0n) is 16.9. The van der Waals surface area contributed by atoms with E-state index in [-0.39, 0.29) is 17.2 Å². The maximum absolute atomic E-state index is 12.9. The van der Waals surface area contributed by atoms with Crippen molar-refractivity contribution in [1.29, 1.82) is 0 Å². The summed E-state index contributed by atoms with van der Waals surface area (Å²) < 4.78 is 29.4. The van der Waals surface area contributed by atoms with Gasteiger partial charge in [0.1, 0.15) is 5.82 Å². The highest BCUT2D eigenvalue weighted by Gasteiger charge is 2.26. The monoisotopic (exact) mass is 427 g/mol. The van der Waals surface area contributed by atoms with Crippen LogP contribution in [0.25, 0.3) is 11.0 Å². The van der Waals surface area contributed by atoms with Crippen LogP contribution in [-0.2, 0) is 28.3 Å². The number of amides is 1. The molecule has 0 radical (unpaired) electrons. The second-order valence-corrected chi connectivity index (χ2v) is 9.43. The summed E-state index contributed by atoms with van der Waals surface area (Å²) in [7, 11) is -1.63. The van der Waals surface area contributed by atoms with Gasteiger partial charge in [0.2, 0.25) is 15.9 Å². The molecule has 0 aliphatic carbocycles. The van der Waals surface area contributed by atoms with E-state index in [9.17, 15) is 13.2 Å². The summed E-state index contributed by atoms with van der Waals surface area (Å²) in [4.78, 5) is 21.1. The van der Waals surface area contributed by atoms with E-state index in [0.717, 1.165) is 30.6 Å². The van der Waals surface area contributed by atoms with Crippen molar-refractivity contribution in [2.75, 3.05) is 18.4 Å². The van der Waals surface area contributed by atoms with E-state index in [1.54, 1.807) is 47.0 Å². The molecular formula is C21H25N5O3S. The lowest BCUT2D eigenvalue weighted by atomic mass is 10.2. The zero-order valence-corrected chi connectivity index (χ0v) is 17.7. The Labute approximate surface area is 176 Å². The average molecular weight is 428 g/mol. The predicted molar refractivity (Wildman–Crippen MR) is 115 cm³/mol. The van der Waals surface area contributed by atoms with Crippen LogP contribution in [0.5, 0.6) is 0 Å². The lowest BCUT2D eigenvalue weighted by Crippen LogP contribution is -2.35. The number of aromatic nitrogens is 3. The maximum Gasteiger partial charge on any atom is 0.243 e. The molecule has 0 bridgehead atoms. The number of carbonyl (C=O) groups is 1. The number of aryl methyl sites for hydroxylation is 2. The first-order chi connectivity index (χ1) is 14.4. The molecule has 8 nitrogen and oxygen atoms in total. The van der Waals surface area contributed by atoms with Crippen molar-refractivity contribution < 1.29 is 13.2 Å². The first kappa shape index (κ1) is 20.5. The Morgan fingerprint density at radius 2 is 1.97 bits per heavy atom. The molecule has 3 aromatic rings. The van der Waals surface area contributed by atoms with E-state index >= 15 is 0 Å². The fraction of sp³-hybridized carbons (Fsp3) is 0.381. The van der Waals surface area contributed by atoms with E-state index in [4.69, 9.17) is 0 Å². The Morgan fingerprint density at radius 3 is 2.70 bits per heavy atom. The van der Waals surface area contributed by atoms with E-state index in [2.05, 4.69) is 15.3 Å². The molecule has 0 unspecified atom stereocenters. The summed E-state index contributed by atoms with van der Waals surface area (Å²) in [5, 5.41) is 2.81. The summed E-state index contributed by atoms with van der Waals surface area (Å²) >= 11 is 0. The summed E-state index contributed by atoms with van der Waals surface area (Å²) in [6.07, 6.45) is 6.83. The number of carbonyl (C=O) groups excluding carboxylic acids is 1. The lowest BCUT2D eigenvalue weighted by Gasteiger charge is -2.25. The molecule has 1 fully saturated rings. The summed E-state index contributed by atoms with van der Waals surface area (Å²) in [5.41, 5.74) is 2.12. The third-order valence-electron chi connectivity index (χ3n) is 5.42. The SMILES string of the molecule is Cn1c(CCC(=O)Nc2cccnc2)nc2cc(S(=O)(=O)N3CCCCC3)ccc21. The van der Waals surface area contributed by atoms with Gasteiger partial charge in [-0.1, -0.05) is 6.42 Å². The normalized spacial score (nSPS) is 15.4. The standard InChI is InChI=1S/C21H25N5O3S/c1-25-19-8-7-17(30(28,29)26-12-3-2-4-13-26)14-18(19)24-20(25)9-10-21(27)23-16-6-5-11-22-15-16/h5-8,11,14-15H,2-4,9-10,12-13H2,1H3,(H,23,27). The first-order valence-electron chi connectivity index (χ1n) is 10.1. The molecule has 9 heteroatoms. The van der Waals surface area contributed by atoms with Gasteiger partial charge in [-0.2, -0.15) is 4.31 Å². The highest BCUT2D eigenvalue weighted by atomic mass is 32.2. The van der Waals surface area contributed by atoms with Gasteiger partial charge in [0, 0.05) is 39.2 Å². The topological polar surface area (TPSA) is 97.2 Å². The van der Waals surface area contributed by atoms with Crippen LogP contribution in [-0.4, -0.2) is 46.3 Å². The van der Waals surface area contributed by atoms with Gasteiger partial charge in [0.05, 0.1) is 27.8 Å². The number of rotatable bonds is 6. The second kappa shape index (κ2) is 8.53. The molecule has 158 valence electrons. The molecule has 1 aliphatic heterocycles. The highest BCUT2D eigenvalue weighted by molar-refractivity contribution is 7.89. The van der Waals surface area contributed by atoms with Crippen LogP contribution in [0.3, 0.4) is 0 Å². The van der Waals surface area contributed by atoms with Gasteiger partial charge < -0.3 is 9.88 Å². The van der Waals surface area contributed by atoms with Crippen LogP contribution in [0.4, 0.5) is 5.69 Å². The third-order valence-corrected chi connectivity index (χ3v) is 7.31. The third kappa shape index (κ3) is 4.22. The van der Waals surface area contributed by atoms with Crippen LogP contribution >= 0.6 is 0 Å². The molecule has 1 saturated heterocycles. The van der Waals surface area contributed by atoms with Crippen molar-refractivity contribution in [1.82, 2.24) is 18.8 Å². The number of benzene rings is 1. The minimum atomic E-state index is -3.50. The number of fused-ring (bicyclic) bond motifs is 1. The van der Waals surface area contributed by atoms with Gasteiger partial charge in [-0.05, 0) is 43.2 Å². The number of hydrogen-bond acceptors (Lipinski definition) is 5. The van der Waals surface area contributed by atoms with Gasteiger partial charge in [-0.25, -0.2) is 13.4 Å². The Bertz CT molecular complexity index is 1150. The van der Waals surface area contributed by atoms with Gasteiger partial charge in [-0.15, -0.1) is 0 Å². The Kier molecular flexibility index (Phi) is 5.83. The number of imidazole rings is 1. The Hall–Kier alpha value is -2.78. The van der Waals surface area contributed by atoms with Crippen LogP contribution < -0.4 is 5.32 Å². The summed E-state index contributed by atoms with van der Waals surface area (Å²) in [6, 6.07) is 8.62. The minimum Gasteiger partial charge on any atom is -0.331 e. The largest absolute Gasteiger partial charge is 0.331 e. The molecule has 4 rings (SSSR count). The van der Waals surface area contributed by atoms with Crippen molar-refractivity contribution >= 4 is 32.7 Å². The number of anilines is 1.